The Morgan fingerprint density at radius 2 is 0.841 bits per heavy atom. The molecule has 10 aromatic carbocycles. The van der Waals surface area contributed by atoms with E-state index in [-0.39, 0.29) is 5.41 Å². The van der Waals surface area contributed by atoms with E-state index in [4.69, 9.17) is 0 Å². The minimum atomic E-state index is -0.0962. The van der Waals surface area contributed by atoms with Gasteiger partial charge in [0.25, 0.3) is 0 Å². The number of rotatable bonds is 7. The minimum Gasteiger partial charge on any atom is -0.308 e. The molecule has 1 nitrogen and oxygen atoms in total. The first-order valence-corrected chi connectivity index (χ1v) is 22.6. The van der Waals surface area contributed by atoms with Gasteiger partial charge in [0.1, 0.15) is 0 Å². The largest absolute Gasteiger partial charge is 0.308 e. The Hall–Kier alpha value is -7.52. The maximum absolute atomic E-state index is 2.50. The van der Waals surface area contributed by atoms with E-state index in [1.54, 1.807) is 0 Å². The smallest absolute Gasteiger partial charge is 0.0640 e. The molecule has 0 aliphatic heterocycles. The molecule has 1 aromatic heterocycles. The van der Waals surface area contributed by atoms with Crippen LogP contribution in [-0.2, 0) is 5.41 Å². The Morgan fingerprint density at radius 1 is 0.365 bits per heavy atom. The van der Waals surface area contributed by atoms with Gasteiger partial charge in [-0.05, 0) is 108 Å². The molecule has 0 radical (unpaired) electrons. The molecule has 0 amide bonds. The van der Waals surface area contributed by atoms with Crippen LogP contribution in [0.1, 0.15) is 25.0 Å². The summed E-state index contributed by atoms with van der Waals surface area (Å²) in [5, 5.41) is 5.14. The summed E-state index contributed by atoms with van der Waals surface area (Å²) in [6, 6.07) is 82.7. The summed E-state index contributed by atoms with van der Waals surface area (Å²) in [7, 11) is 0. The first-order chi connectivity index (χ1) is 31.0. The molecule has 1 heterocycles. The average molecular weight is 822 g/mol. The Morgan fingerprint density at radius 3 is 1.51 bits per heavy atom. The van der Waals surface area contributed by atoms with Crippen LogP contribution >= 0.6 is 11.3 Å². The molecule has 2 heteroatoms. The van der Waals surface area contributed by atoms with Gasteiger partial charge in [0.15, 0.2) is 0 Å². The molecule has 0 unspecified atom stereocenters. The van der Waals surface area contributed by atoms with Crippen LogP contribution in [0, 0.1) is 0 Å². The predicted octanol–water partition coefficient (Wildman–Crippen LogP) is 17.7. The Bertz CT molecular complexity index is 3500. The standard InChI is InChI=1S/C61H43NS/c1-61(2)54-16-7-5-14-53(54)59-55(61)17-10-18-56(59)62(57-19-9-15-52-51-13-6-8-20-58(51)63-60(52)57)50-37-35-46(36-38-50)45-27-25-42(26-28-45)41-21-23-43(24-22-41)44-29-31-47(32-30-44)49-34-33-40-11-3-4-12-48(40)39-49/h3-39H,1-2H3. The third-order valence-electron chi connectivity index (χ3n) is 13.3. The SMILES string of the molecule is CC1(C)c2ccccc2-c2c(N(c3ccc(-c4ccc(-c5ccc(-c6ccc(-c7ccc8ccccc8c7)cc6)cc5)cc4)cc3)c3cccc4c3sc3ccccc34)cccc21. The summed E-state index contributed by atoms with van der Waals surface area (Å²) in [6.45, 7) is 4.72. The van der Waals surface area contributed by atoms with E-state index in [0.29, 0.717) is 0 Å². The van der Waals surface area contributed by atoms with E-state index in [9.17, 15) is 0 Å². The van der Waals surface area contributed by atoms with Crippen molar-refractivity contribution in [3.05, 3.63) is 236 Å². The number of fused-ring (bicyclic) bond motifs is 7. The first-order valence-electron chi connectivity index (χ1n) is 21.8. The summed E-state index contributed by atoms with van der Waals surface area (Å²) in [4.78, 5) is 2.50. The number of nitrogens with zero attached hydrogens (tertiary/aromatic N) is 1. The first kappa shape index (κ1) is 37.3. The lowest BCUT2D eigenvalue weighted by Gasteiger charge is -2.29. The van der Waals surface area contributed by atoms with Gasteiger partial charge in [0.05, 0.1) is 16.1 Å². The van der Waals surface area contributed by atoms with Crippen molar-refractivity contribution in [1.29, 1.82) is 0 Å². The molecular formula is C61H43NS. The molecule has 1 aliphatic rings. The fourth-order valence-corrected chi connectivity index (χ4v) is 11.2. The molecule has 0 bridgehead atoms. The Kier molecular flexibility index (Phi) is 8.77. The quantitative estimate of drug-likeness (QED) is 0.155. The van der Waals surface area contributed by atoms with E-state index in [1.807, 2.05) is 11.3 Å². The Balaban J connectivity index is 0.851. The number of hydrogen-bond donors (Lipinski definition) is 0. The molecule has 0 N–H and O–H groups in total. The molecular weight excluding hydrogens is 779 g/mol. The molecule has 11 aromatic rings. The van der Waals surface area contributed by atoms with Crippen LogP contribution in [0.4, 0.5) is 17.1 Å². The van der Waals surface area contributed by atoms with Crippen molar-refractivity contribution in [2.24, 2.45) is 0 Å². The van der Waals surface area contributed by atoms with Gasteiger partial charge in [-0.15, -0.1) is 11.3 Å². The Labute approximate surface area is 372 Å². The lowest BCUT2D eigenvalue weighted by Crippen LogP contribution is -2.16. The van der Waals surface area contributed by atoms with Crippen molar-refractivity contribution in [3.63, 3.8) is 0 Å². The molecule has 298 valence electrons. The molecule has 0 fully saturated rings. The average Bonchev–Trinajstić information content (AvgIpc) is 3.84. The van der Waals surface area contributed by atoms with Gasteiger partial charge < -0.3 is 4.90 Å². The number of benzene rings is 10. The van der Waals surface area contributed by atoms with Crippen LogP contribution in [0.25, 0.3) is 86.6 Å². The normalized spacial score (nSPS) is 12.7. The highest BCUT2D eigenvalue weighted by Crippen LogP contribution is 2.55. The lowest BCUT2D eigenvalue weighted by molar-refractivity contribution is 0.660. The van der Waals surface area contributed by atoms with Crippen molar-refractivity contribution < 1.29 is 0 Å². The van der Waals surface area contributed by atoms with Crippen LogP contribution in [0.15, 0.2) is 224 Å². The number of anilines is 3. The minimum absolute atomic E-state index is 0.0962. The second-order valence-corrected chi connectivity index (χ2v) is 18.4. The zero-order valence-corrected chi connectivity index (χ0v) is 36.0. The maximum Gasteiger partial charge on any atom is 0.0640 e. The molecule has 0 spiro atoms. The van der Waals surface area contributed by atoms with Crippen LogP contribution < -0.4 is 4.90 Å². The van der Waals surface area contributed by atoms with E-state index < -0.39 is 0 Å². The van der Waals surface area contributed by atoms with Gasteiger partial charge in [0, 0.05) is 32.1 Å². The summed E-state index contributed by atoms with van der Waals surface area (Å²) in [5.74, 6) is 0. The van der Waals surface area contributed by atoms with Crippen LogP contribution in [-0.4, -0.2) is 0 Å². The van der Waals surface area contributed by atoms with E-state index in [1.165, 1.54) is 109 Å². The van der Waals surface area contributed by atoms with Crippen molar-refractivity contribution >= 4 is 59.3 Å². The van der Waals surface area contributed by atoms with Crippen molar-refractivity contribution in [2.45, 2.75) is 19.3 Å². The van der Waals surface area contributed by atoms with E-state index in [2.05, 4.69) is 243 Å². The van der Waals surface area contributed by atoms with Gasteiger partial charge >= 0.3 is 0 Å². The third-order valence-corrected chi connectivity index (χ3v) is 14.5. The van der Waals surface area contributed by atoms with Gasteiger partial charge in [-0.25, -0.2) is 0 Å². The van der Waals surface area contributed by atoms with E-state index in [0.717, 1.165) is 5.69 Å². The summed E-state index contributed by atoms with van der Waals surface area (Å²) in [5.41, 5.74) is 18.5. The van der Waals surface area contributed by atoms with Crippen molar-refractivity contribution in [2.75, 3.05) is 4.90 Å². The highest BCUT2D eigenvalue weighted by atomic mass is 32.1. The second-order valence-electron chi connectivity index (χ2n) is 17.3. The highest BCUT2D eigenvalue weighted by molar-refractivity contribution is 7.26. The molecule has 0 saturated heterocycles. The summed E-state index contributed by atoms with van der Waals surface area (Å²) < 4.78 is 2.60. The number of thiophene rings is 1. The maximum atomic E-state index is 2.50. The van der Waals surface area contributed by atoms with Crippen LogP contribution in [0.5, 0.6) is 0 Å². The fraction of sp³-hybridized carbons (Fsp3) is 0.0492. The molecule has 1 aliphatic carbocycles. The number of hydrogen-bond acceptors (Lipinski definition) is 2. The second kappa shape index (κ2) is 14.8. The van der Waals surface area contributed by atoms with Gasteiger partial charge in [-0.1, -0.05) is 202 Å². The topological polar surface area (TPSA) is 3.24 Å². The van der Waals surface area contributed by atoms with Gasteiger partial charge in [-0.2, -0.15) is 0 Å². The summed E-state index contributed by atoms with van der Waals surface area (Å²) in [6.07, 6.45) is 0. The van der Waals surface area contributed by atoms with Crippen LogP contribution in [0.3, 0.4) is 0 Å². The summed E-state index contributed by atoms with van der Waals surface area (Å²) >= 11 is 1.88. The lowest BCUT2D eigenvalue weighted by atomic mass is 9.82. The van der Waals surface area contributed by atoms with Gasteiger partial charge in [0.2, 0.25) is 0 Å². The van der Waals surface area contributed by atoms with Crippen molar-refractivity contribution in [3.8, 4) is 55.6 Å². The highest BCUT2D eigenvalue weighted by Gasteiger charge is 2.38. The molecule has 0 saturated carbocycles. The molecule has 0 atom stereocenters. The predicted molar refractivity (Wildman–Crippen MR) is 271 cm³/mol. The van der Waals surface area contributed by atoms with Crippen molar-refractivity contribution in [1.82, 2.24) is 0 Å². The fourth-order valence-electron chi connectivity index (χ4n) is 9.98. The third kappa shape index (κ3) is 6.29. The monoisotopic (exact) mass is 821 g/mol. The van der Waals surface area contributed by atoms with E-state index >= 15 is 0 Å². The zero-order chi connectivity index (χ0) is 42.1. The molecule has 12 rings (SSSR count). The van der Waals surface area contributed by atoms with Gasteiger partial charge in [-0.3, -0.25) is 0 Å². The van der Waals surface area contributed by atoms with Crippen LogP contribution in [0.2, 0.25) is 0 Å². The zero-order valence-electron chi connectivity index (χ0n) is 35.2. The molecule has 63 heavy (non-hydrogen) atoms.